The Kier molecular flexibility index (Phi) is 1.13. The minimum Gasteiger partial charge on any atom is -0.386 e. The molecule has 1 N–H and O–H groups in total. The monoisotopic (exact) mass is 100 g/mol. The molecule has 1 heterocycles. The van der Waals surface area contributed by atoms with E-state index in [4.69, 9.17) is 9.84 Å². The molecular formula is C5H8O2. The van der Waals surface area contributed by atoms with Crippen LogP contribution in [0.3, 0.4) is 0 Å². The average molecular weight is 100 g/mol. The van der Waals surface area contributed by atoms with Crippen molar-refractivity contribution in [3.8, 4) is 0 Å². The lowest BCUT2D eigenvalue weighted by atomic mass is 10.3. The van der Waals surface area contributed by atoms with Gasteiger partial charge in [0.05, 0.1) is 6.61 Å². The van der Waals surface area contributed by atoms with Crippen molar-refractivity contribution in [3.63, 3.8) is 0 Å². The van der Waals surface area contributed by atoms with Crippen LogP contribution < -0.4 is 0 Å². The highest BCUT2D eigenvalue weighted by Crippen LogP contribution is 2.13. The molecule has 0 aliphatic carbocycles. The highest BCUT2D eigenvalue weighted by Gasteiger charge is 2.28. The Balaban J connectivity index is 2.22. The maximum Gasteiger partial charge on any atom is 0.110 e. The summed E-state index contributed by atoms with van der Waals surface area (Å²) >= 11 is 0. The van der Waals surface area contributed by atoms with E-state index in [1.807, 2.05) is 0 Å². The van der Waals surface area contributed by atoms with Gasteiger partial charge < -0.3 is 9.84 Å². The molecule has 40 valence electrons. The van der Waals surface area contributed by atoms with Gasteiger partial charge in [-0.2, -0.15) is 0 Å². The van der Waals surface area contributed by atoms with Crippen LogP contribution in [0.1, 0.15) is 0 Å². The minimum absolute atomic E-state index is 0.0532. The molecule has 0 radical (unpaired) electrons. The van der Waals surface area contributed by atoms with Crippen LogP contribution >= 0.6 is 0 Å². The van der Waals surface area contributed by atoms with Crippen LogP contribution in [0.25, 0.3) is 0 Å². The molecule has 0 saturated carbocycles. The Morgan fingerprint density at radius 1 is 2.00 bits per heavy atom. The molecule has 1 fully saturated rings. The minimum atomic E-state index is -0.444. The summed E-state index contributed by atoms with van der Waals surface area (Å²) in [5.74, 6) is 0. The van der Waals surface area contributed by atoms with Gasteiger partial charge >= 0.3 is 0 Å². The zero-order chi connectivity index (χ0) is 5.28. The van der Waals surface area contributed by atoms with Crippen LogP contribution in [-0.4, -0.2) is 23.9 Å². The van der Waals surface area contributed by atoms with Crippen molar-refractivity contribution in [2.24, 2.45) is 0 Å². The fraction of sp³-hybridized carbons (Fsp3) is 0.600. The predicted octanol–water partition coefficient (Wildman–Crippen LogP) is -0.0679. The second-order valence-corrected chi connectivity index (χ2v) is 1.60. The summed E-state index contributed by atoms with van der Waals surface area (Å²) in [5.41, 5.74) is 0. The topological polar surface area (TPSA) is 32.8 Å². The van der Waals surface area contributed by atoms with Gasteiger partial charge in [0.2, 0.25) is 0 Å². The van der Waals surface area contributed by atoms with E-state index >= 15 is 0 Å². The first-order chi connectivity index (χ1) is 3.34. The van der Waals surface area contributed by atoms with Gasteiger partial charge in [-0.25, -0.2) is 0 Å². The fourth-order valence-corrected chi connectivity index (χ4v) is 0.405. The first kappa shape index (κ1) is 4.81. The van der Waals surface area contributed by atoms with Gasteiger partial charge in [-0.05, 0) is 0 Å². The number of aliphatic hydroxyl groups excluding tert-OH is 1. The lowest BCUT2D eigenvalue weighted by molar-refractivity contribution is 0.178. The summed E-state index contributed by atoms with van der Waals surface area (Å²) in [7, 11) is 0. The van der Waals surface area contributed by atoms with Crippen molar-refractivity contribution in [2.75, 3.05) is 6.61 Å². The van der Waals surface area contributed by atoms with E-state index in [-0.39, 0.29) is 6.10 Å². The second-order valence-electron chi connectivity index (χ2n) is 1.60. The zero-order valence-electron chi connectivity index (χ0n) is 4.00. The maximum absolute atomic E-state index is 8.75. The molecule has 0 aromatic carbocycles. The smallest absolute Gasteiger partial charge is 0.110 e. The van der Waals surface area contributed by atoms with E-state index in [0.29, 0.717) is 6.61 Å². The molecule has 7 heavy (non-hydrogen) atoms. The Morgan fingerprint density at radius 3 is 2.71 bits per heavy atom. The summed E-state index contributed by atoms with van der Waals surface area (Å²) in [6, 6.07) is 0. The molecule has 0 unspecified atom stereocenters. The highest BCUT2D eigenvalue weighted by molar-refractivity contribution is 4.90. The summed E-state index contributed by atoms with van der Waals surface area (Å²) in [4.78, 5) is 0. The van der Waals surface area contributed by atoms with Gasteiger partial charge in [0, 0.05) is 0 Å². The van der Waals surface area contributed by atoms with Crippen molar-refractivity contribution in [1.29, 1.82) is 0 Å². The number of rotatable bonds is 2. The third-order valence-corrected chi connectivity index (χ3v) is 0.982. The number of hydrogen-bond acceptors (Lipinski definition) is 2. The van der Waals surface area contributed by atoms with Crippen LogP contribution in [0.5, 0.6) is 0 Å². The van der Waals surface area contributed by atoms with Crippen LogP contribution in [0, 0.1) is 0 Å². The molecule has 0 amide bonds. The second kappa shape index (κ2) is 1.64. The van der Waals surface area contributed by atoms with Gasteiger partial charge in [-0.1, -0.05) is 6.08 Å². The highest BCUT2D eigenvalue weighted by atomic mass is 16.6. The Labute approximate surface area is 42.4 Å². The lowest BCUT2D eigenvalue weighted by Crippen LogP contribution is -2.09. The van der Waals surface area contributed by atoms with Gasteiger partial charge in [-0.15, -0.1) is 6.58 Å². The maximum atomic E-state index is 8.75. The summed E-state index contributed by atoms with van der Waals surface area (Å²) in [5, 5.41) is 8.75. The van der Waals surface area contributed by atoms with Gasteiger partial charge in [0.1, 0.15) is 12.2 Å². The lowest BCUT2D eigenvalue weighted by Gasteiger charge is -1.93. The molecular weight excluding hydrogens is 92.1 g/mol. The van der Waals surface area contributed by atoms with E-state index < -0.39 is 6.10 Å². The van der Waals surface area contributed by atoms with Crippen molar-refractivity contribution in [2.45, 2.75) is 12.2 Å². The molecule has 2 nitrogen and oxygen atoms in total. The molecule has 0 spiro atoms. The molecule has 1 saturated heterocycles. The van der Waals surface area contributed by atoms with Gasteiger partial charge in [-0.3, -0.25) is 0 Å². The summed E-state index contributed by atoms with van der Waals surface area (Å²) in [6.45, 7) is 4.08. The van der Waals surface area contributed by atoms with E-state index in [0.717, 1.165) is 0 Å². The molecule has 0 aromatic heterocycles. The largest absolute Gasteiger partial charge is 0.386 e. The van der Waals surface area contributed by atoms with Gasteiger partial charge in [0.25, 0.3) is 0 Å². The molecule has 2 atom stereocenters. The van der Waals surface area contributed by atoms with Crippen molar-refractivity contribution < 1.29 is 9.84 Å². The van der Waals surface area contributed by atoms with Crippen LogP contribution in [0.2, 0.25) is 0 Å². The number of hydrogen-bond donors (Lipinski definition) is 1. The number of epoxide rings is 1. The zero-order valence-corrected chi connectivity index (χ0v) is 4.00. The van der Waals surface area contributed by atoms with Crippen LogP contribution in [0.4, 0.5) is 0 Å². The summed E-state index contributed by atoms with van der Waals surface area (Å²) in [6.07, 6.45) is 1.09. The number of ether oxygens (including phenoxy) is 1. The Hall–Kier alpha value is -0.340. The third-order valence-electron chi connectivity index (χ3n) is 0.982. The fourth-order valence-electron chi connectivity index (χ4n) is 0.405. The average Bonchev–Trinajstić information content (AvgIpc) is 2.44. The predicted molar refractivity (Wildman–Crippen MR) is 25.9 cm³/mol. The molecule has 0 aromatic rings. The molecule has 1 aliphatic rings. The molecule has 2 heteroatoms. The number of aliphatic hydroxyl groups is 1. The third kappa shape index (κ3) is 1.01. The SMILES string of the molecule is C=C[C@H](O)[C@H]1CO1. The van der Waals surface area contributed by atoms with E-state index in [9.17, 15) is 0 Å². The normalized spacial score (nSPS) is 31.9. The Bertz CT molecular complexity index is 76.1. The Morgan fingerprint density at radius 2 is 2.57 bits per heavy atom. The van der Waals surface area contributed by atoms with Crippen molar-refractivity contribution >= 4 is 0 Å². The van der Waals surface area contributed by atoms with Crippen LogP contribution in [-0.2, 0) is 4.74 Å². The van der Waals surface area contributed by atoms with Crippen molar-refractivity contribution in [3.05, 3.63) is 12.7 Å². The summed E-state index contributed by atoms with van der Waals surface area (Å²) < 4.78 is 4.74. The first-order valence-electron chi connectivity index (χ1n) is 2.27. The van der Waals surface area contributed by atoms with Crippen molar-refractivity contribution in [1.82, 2.24) is 0 Å². The van der Waals surface area contributed by atoms with Gasteiger partial charge in [0.15, 0.2) is 0 Å². The van der Waals surface area contributed by atoms with E-state index in [1.54, 1.807) is 0 Å². The quantitative estimate of drug-likeness (QED) is 0.389. The molecule has 1 aliphatic heterocycles. The first-order valence-corrected chi connectivity index (χ1v) is 2.27. The van der Waals surface area contributed by atoms with Crippen LogP contribution in [0.15, 0.2) is 12.7 Å². The van der Waals surface area contributed by atoms with E-state index in [1.165, 1.54) is 6.08 Å². The standard InChI is InChI=1S/C5H8O2/c1-2-4(6)5-3-7-5/h2,4-6H,1,3H2/t4-,5+/m0/s1. The van der Waals surface area contributed by atoms with E-state index in [2.05, 4.69) is 6.58 Å². The molecule has 0 bridgehead atoms. The molecule has 1 rings (SSSR count).